The summed E-state index contributed by atoms with van der Waals surface area (Å²) in [5.41, 5.74) is 0.483. The second-order valence-electron chi connectivity index (χ2n) is 5.68. The molecule has 5 nitrogen and oxygen atoms in total. The summed E-state index contributed by atoms with van der Waals surface area (Å²) in [5.74, 6) is 0.168. The Morgan fingerprint density at radius 1 is 1.12 bits per heavy atom. The number of benzene rings is 2. The summed E-state index contributed by atoms with van der Waals surface area (Å²) in [4.78, 5) is 24.7. The molecular weight excluding hydrogens is 352 g/mol. The first-order chi connectivity index (χ1) is 12.6. The number of hydrogen-bond donors (Lipinski definition) is 0. The van der Waals surface area contributed by atoms with E-state index < -0.39 is 11.6 Å². The fraction of sp³-hybridized carbons (Fsp3) is 0.100. The van der Waals surface area contributed by atoms with Gasteiger partial charge in [-0.1, -0.05) is 18.2 Å². The van der Waals surface area contributed by atoms with Gasteiger partial charge in [0, 0.05) is 27.8 Å². The first-order valence-electron chi connectivity index (χ1n) is 7.90. The number of carbonyl (C=O) groups excluding carboxylic acids is 1. The van der Waals surface area contributed by atoms with Gasteiger partial charge in [-0.15, -0.1) is 11.3 Å². The van der Waals surface area contributed by atoms with Crippen molar-refractivity contribution < 1.29 is 18.7 Å². The van der Waals surface area contributed by atoms with Crippen LogP contribution in [0.25, 0.3) is 21.1 Å². The van der Waals surface area contributed by atoms with E-state index in [0.29, 0.717) is 27.2 Å². The molecule has 0 unspecified atom stereocenters. The molecule has 0 amide bonds. The number of hydrogen-bond acceptors (Lipinski definition) is 6. The minimum absolute atomic E-state index is 0.0124. The highest BCUT2D eigenvalue weighted by Gasteiger charge is 2.14. The van der Waals surface area contributed by atoms with Gasteiger partial charge in [-0.3, -0.25) is 0 Å². The van der Waals surface area contributed by atoms with Crippen molar-refractivity contribution in [3.05, 3.63) is 75.5 Å². The van der Waals surface area contributed by atoms with Crippen LogP contribution in [0, 0.1) is 0 Å². The molecular formula is C20H14O5S. The average molecular weight is 366 g/mol. The standard InChI is InChI=1S/C20H14O5S/c1-23-14-6-7-15-13(9-19(21)25-16(15)10-14)11-24-20(22)18-8-12-4-2-3-5-17(12)26-18/h2-10H,11H2,1H3. The first kappa shape index (κ1) is 16.4. The lowest BCUT2D eigenvalue weighted by Crippen LogP contribution is -2.06. The summed E-state index contributed by atoms with van der Waals surface area (Å²) in [6.07, 6.45) is 0. The van der Waals surface area contributed by atoms with E-state index in [-0.39, 0.29) is 6.61 Å². The highest BCUT2D eigenvalue weighted by atomic mass is 32.1. The molecule has 0 fully saturated rings. The molecule has 0 radical (unpaired) electrons. The Hall–Kier alpha value is -3.12. The van der Waals surface area contributed by atoms with Crippen LogP contribution in [0.2, 0.25) is 0 Å². The van der Waals surface area contributed by atoms with E-state index in [1.165, 1.54) is 24.5 Å². The molecule has 2 aromatic heterocycles. The van der Waals surface area contributed by atoms with Gasteiger partial charge in [0.05, 0.1) is 7.11 Å². The summed E-state index contributed by atoms with van der Waals surface area (Å²) in [5, 5.41) is 1.71. The van der Waals surface area contributed by atoms with Gasteiger partial charge in [-0.2, -0.15) is 0 Å². The van der Waals surface area contributed by atoms with Crippen molar-refractivity contribution in [3.63, 3.8) is 0 Å². The molecule has 4 aromatic rings. The Labute approximate surface area is 152 Å². The van der Waals surface area contributed by atoms with E-state index in [4.69, 9.17) is 13.9 Å². The maximum absolute atomic E-state index is 12.4. The van der Waals surface area contributed by atoms with Gasteiger partial charge in [0.2, 0.25) is 0 Å². The van der Waals surface area contributed by atoms with Crippen LogP contribution in [-0.2, 0) is 11.3 Å². The lowest BCUT2D eigenvalue weighted by molar-refractivity contribution is 0.0479. The Bertz CT molecular complexity index is 1140. The summed E-state index contributed by atoms with van der Waals surface area (Å²) in [6, 6.07) is 16.1. The molecule has 2 aromatic carbocycles. The molecule has 0 spiro atoms. The third kappa shape index (κ3) is 3.07. The van der Waals surface area contributed by atoms with E-state index in [9.17, 15) is 9.59 Å². The molecule has 26 heavy (non-hydrogen) atoms. The van der Waals surface area contributed by atoms with Crippen LogP contribution in [0.3, 0.4) is 0 Å². The predicted octanol–water partition coefficient (Wildman–Crippen LogP) is 4.37. The number of thiophene rings is 1. The minimum atomic E-state index is -0.501. The van der Waals surface area contributed by atoms with Crippen molar-refractivity contribution in [3.8, 4) is 5.75 Å². The molecule has 0 aliphatic carbocycles. The molecule has 0 saturated heterocycles. The van der Waals surface area contributed by atoms with Crippen molar-refractivity contribution in [2.45, 2.75) is 6.61 Å². The zero-order valence-electron chi connectivity index (χ0n) is 13.9. The predicted molar refractivity (Wildman–Crippen MR) is 100.0 cm³/mol. The maximum atomic E-state index is 12.4. The van der Waals surface area contributed by atoms with Gasteiger partial charge in [0.15, 0.2) is 0 Å². The lowest BCUT2D eigenvalue weighted by Gasteiger charge is -2.07. The van der Waals surface area contributed by atoms with Gasteiger partial charge >= 0.3 is 11.6 Å². The number of esters is 1. The van der Waals surface area contributed by atoms with Crippen LogP contribution in [0.1, 0.15) is 15.2 Å². The van der Waals surface area contributed by atoms with Crippen LogP contribution >= 0.6 is 11.3 Å². The van der Waals surface area contributed by atoms with Crippen LogP contribution < -0.4 is 10.4 Å². The van der Waals surface area contributed by atoms with Gasteiger partial charge in [0.1, 0.15) is 22.8 Å². The molecule has 0 N–H and O–H groups in total. The monoisotopic (exact) mass is 366 g/mol. The topological polar surface area (TPSA) is 65.7 Å². The van der Waals surface area contributed by atoms with Crippen molar-refractivity contribution in [1.82, 2.24) is 0 Å². The third-order valence-electron chi connectivity index (χ3n) is 4.02. The van der Waals surface area contributed by atoms with Crippen LogP contribution in [0.4, 0.5) is 0 Å². The second-order valence-corrected chi connectivity index (χ2v) is 6.76. The summed E-state index contributed by atoms with van der Waals surface area (Å²) in [6.45, 7) is -0.0124. The van der Waals surface area contributed by atoms with E-state index in [1.54, 1.807) is 18.2 Å². The highest BCUT2D eigenvalue weighted by Crippen LogP contribution is 2.27. The number of carbonyl (C=O) groups is 1. The fourth-order valence-electron chi connectivity index (χ4n) is 2.75. The lowest BCUT2D eigenvalue weighted by atomic mass is 10.1. The third-order valence-corrected chi connectivity index (χ3v) is 5.12. The van der Waals surface area contributed by atoms with Crippen molar-refractivity contribution in [2.24, 2.45) is 0 Å². The van der Waals surface area contributed by atoms with Crippen molar-refractivity contribution in [2.75, 3.05) is 7.11 Å². The molecule has 0 bridgehead atoms. The Morgan fingerprint density at radius 3 is 2.77 bits per heavy atom. The van der Waals surface area contributed by atoms with E-state index in [0.717, 1.165) is 10.1 Å². The van der Waals surface area contributed by atoms with Crippen LogP contribution in [-0.4, -0.2) is 13.1 Å². The van der Waals surface area contributed by atoms with Gasteiger partial charge < -0.3 is 13.9 Å². The van der Waals surface area contributed by atoms with E-state index in [1.807, 2.05) is 30.3 Å². The number of rotatable bonds is 4. The Balaban J connectivity index is 1.60. The average Bonchev–Trinajstić information content (AvgIpc) is 3.09. The smallest absolute Gasteiger partial charge is 0.348 e. The molecule has 0 aliphatic heterocycles. The summed E-state index contributed by atoms with van der Waals surface area (Å²) in [7, 11) is 1.54. The molecule has 6 heteroatoms. The summed E-state index contributed by atoms with van der Waals surface area (Å²) >= 11 is 1.38. The van der Waals surface area contributed by atoms with Gasteiger partial charge in [-0.25, -0.2) is 9.59 Å². The molecule has 130 valence electrons. The van der Waals surface area contributed by atoms with Gasteiger partial charge in [0.25, 0.3) is 0 Å². The number of methoxy groups -OCH3 is 1. The number of ether oxygens (including phenoxy) is 2. The quantitative estimate of drug-likeness (QED) is 0.396. The number of fused-ring (bicyclic) bond motifs is 2. The largest absolute Gasteiger partial charge is 0.497 e. The van der Waals surface area contributed by atoms with Crippen LogP contribution in [0.5, 0.6) is 5.75 Å². The Morgan fingerprint density at radius 2 is 1.96 bits per heavy atom. The highest BCUT2D eigenvalue weighted by molar-refractivity contribution is 7.20. The van der Waals surface area contributed by atoms with E-state index in [2.05, 4.69) is 0 Å². The molecule has 0 aliphatic rings. The fourth-order valence-corrected chi connectivity index (χ4v) is 3.71. The Kier molecular flexibility index (Phi) is 4.18. The zero-order chi connectivity index (χ0) is 18.1. The summed E-state index contributed by atoms with van der Waals surface area (Å²) < 4.78 is 16.8. The van der Waals surface area contributed by atoms with Crippen molar-refractivity contribution in [1.29, 1.82) is 0 Å². The maximum Gasteiger partial charge on any atom is 0.348 e. The molecule has 0 saturated carbocycles. The molecule has 0 atom stereocenters. The van der Waals surface area contributed by atoms with E-state index >= 15 is 0 Å². The zero-order valence-corrected chi connectivity index (χ0v) is 14.7. The van der Waals surface area contributed by atoms with Gasteiger partial charge in [-0.05, 0) is 29.7 Å². The SMILES string of the molecule is COc1ccc2c(COC(=O)c3cc4ccccc4s3)cc(=O)oc2c1. The minimum Gasteiger partial charge on any atom is -0.497 e. The van der Waals surface area contributed by atoms with Crippen LogP contribution in [0.15, 0.2) is 63.8 Å². The molecule has 2 heterocycles. The second kappa shape index (κ2) is 6.65. The molecule has 4 rings (SSSR count). The first-order valence-corrected chi connectivity index (χ1v) is 8.72. The van der Waals surface area contributed by atoms with Crippen molar-refractivity contribution >= 4 is 38.4 Å². The normalized spacial score (nSPS) is 11.0.